The summed E-state index contributed by atoms with van der Waals surface area (Å²) in [6, 6.07) is 0.633. The van der Waals surface area contributed by atoms with Crippen LogP contribution in [0.4, 0.5) is 0 Å². The zero-order valence-electron chi connectivity index (χ0n) is 12.5. The Morgan fingerprint density at radius 2 is 1.47 bits per heavy atom. The van der Waals surface area contributed by atoms with E-state index < -0.39 is 0 Å². The fraction of sp³-hybridized carbons (Fsp3) is 1.00. The molecule has 0 bridgehead atoms. The highest BCUT2D eigenvalue weighted by Crippen LogP contribution is 2.31. The molecule has 0 aromatic heterocycles. The highest BCUT2D eigenvalue weighted by Gasteiger charge is 2.31. The van der Waals surface area contributed by atoms with Gasteiger partial charge in [0.1, 0.15) is 0 Å². The quantitative estimate of drug-likeness (QED) is 0.648. The summed E-state index contributed by atoms with van der Waals surface area (Å²) in [7, 11) is 0. The lowest BCUT2D eigenvalue weighted by molar-refractivity contribution is 0.178. The molecule has 1 unspecified atom stereocenters. The van der Waals surface area contributed by atoms with Crippen LogP contribution in [0.3, 0.4) is 0 Å². The zero-order chi connectivity index (χ0) is 13.6. The lowest BCUT2D eigenvalue weighted by Crippen LogP contribution is -2.59. The molecule has 5 N–H and O–H groups in total. The van der Waals surface area contributed by atoms with E-state index in [1.807, 2.05) is 0 Å². The Labute approximate surface area is 118 Å². The van der Waals surface area contributed by atoms with Crippen LogP contribution in [0.2, 0.25) is 0 Å². The van der Waals surface area contributed by atoms with Gasteiger partial charge in [-0.2, -0.15) is 0 Å². The average molecular weight is 267 g/mol. The Hall–Kier alpha value is -0.120. The first-order valence-electron chi connectivity index (χ1n) is 8.48. The van der Waals surface area contributed by atoms with E-state index >= 15 is 0 Å². The number of hydrogen-bond donors (Lipinski definition) is 3. The molecule has 1 atom stereocenters. The van der Waals surface area contributed by atoms with Crippen LogP contribution < -0.4 is 16.8 Å². The molecule has 0 spiro atoms. The standard InChI is InChI=1S/C16H33N3/c17-12-11-16(18,13-14-7-3-1-4-8-14)19-15-9-5-2-6-10-15/h14-15,19H,1-13,17-18H2. The van der Waals surface area contributed by atoms with E-state index in [1.165, 1.54) is 64.2 Å². The van der Waals surface area contributed by atoms with Crippen molar-refractivity contribution >= 4 is 0 Å². The molecule has 2 aliphatic carbocycles. The minimum atomic E-state index is -0.210. The summed E-state index contributed by atoms with van der Waals surface area (Å²) in [4.78, 5) is 0. The lowest BCUT2D eigenvalue weighted by atomic mass is 9.81. The van der Waals surface area contributed by atoms with Crippen LogP contribution in [0.15, 0.2) is 0 Å². The molecular formula is C16H33N3. The maximum Gasteiger partial charge on any atom is 0.0678 e. The van der Waals surface area contributed by atoms with Crippen LogP contribution in [0.1, 0.15) is 77.0 Å². The number of nitrogens with two attached hydrogens (primary N) is 2. The van der Waals surface area contributed by atoms with Gasteiger partial charge in [0.25, 0.3) is 0 Å². The first-order valence-corrected chi connectivity index (χ1v) is 8.48. The van der Waals surface area contributed by atoms with E-state index in [0.29, 0.717) is 12.6 Å². The largest absolute Gasteiger partial charge is 0.330 e. The fourth-order valence-corrected chi connectivity index (χ4v) is 4.05. The molecule has 2 aliphatic rings. The number of hydrogen-bond acceptors (Lipinski definition) is 3. The van der Waals surface area contributed by atoms with Gasteiger partial charge in [-0.15, -0.1) is 0 Å². The summed E-state index contributed by atoms with van der Waals surface area (Å²) in [5, 5.41) is 3.78. The first kappa shape index (κ1) is 15.3. The van der Waals surface area contributed by atoms with Crippen LogP contribution in [0, 0.1) is 5.92 Å². The Morgan fingerprint density at radius 3 is 2.05 bits per heavy atom. The van der Waals surface area contributed by atoms with Crippen molar-refractivity contribution < 1.29 is 0 Å². The zero-order valence-corrected chi connectivity index (χ0v) is 12.5. The Bertz CT molecular complexity index is 222. The van der Waals surface area contributed by atoms with Gasteiger partial charge in [0.15, 0.2) is 0 Å². The Kier molecular flexibility index (Phi) is 6.11. The molecule has 0 aromatic carbocycles. The minimum absolute atomic E-state index is 0.210. The van der Waals surface area contributed by atoms with Gasteiger partial charge in [0.2, 0.25) is 0 Å². The van der Waals surface area contributed by atoms with Crippen LogP contribution in [0.5, 0.6) is 0 Å². The van der Waals surface area contributed by atoms with Crippen molar-refractivity contribution in [2.75, 3.05) is 6.54 Å². The van der Waals surface area contributed by atoms with Crippen molar-refractivity contribution in [1.82, 2.24) is 5.32 Å². The molecule has 0 radical (unpaired) electrons. The molecule has 3 nitrogen and oxygen atoms in total. The van der Waals surface area contributed by atoms with E-state index in [2.05, 4.69) is 5.32 Å². The molecule has 112 valence electrons. The van der Waals surface area contributed by atoms with E-state index in [4.69, 9.17) is 11.5 Å². The van der Waals surface area contributed by atoms with Gasteiger partial charge in [0, 0.05) is 6.04 Å². The smallest absolute Gasteiger partial charge is 0.0678 e. The van der Waals surface area contributed by atoms with Gasteiger partial charge in [0.05, 0.1) is 5.66 Å². The fourth-order valence-electron chi connectivity index (χ4n) is 4.05. The van der Waals surface area contributed by atoms with E-state index in [-0.39, 0.29) is 5.66 Å². The SMILES string of the molecule is NCCC(N)(CC1CCCCC1)NC1CCCCC1. The van der Waals surface area contributed by atoms with Gasteiger partial charge in [-0.1, -0.05) is 51.4 Å². The van der Waals surface area contributed by atoms with Crippen molar-refractivity contribution in [1.29, 1.82) is 0 Å². The van der Waals surface area contributed by atoms with Crippen LogP contribution >= 0.6 is 0 Å². The highest BCUT2D eigenvalue weighted by molar-refractivity contribution is 4.89. The molecule has 0 aromatic rings. The molecule has 2 fully saturated rings. The maximum atomic E-state index is 6.68. The first-order chi connectivity index (χ1) is 9.22. The molecule has 2 rings (SSSR count). The summed E-state index contributed by atoms with van der Waals surface area (Å²) in [6.45, 7) is 0.697. The predicted octanol–water partition coefficient (Wildman–Crippen LogP) is 2.88. The highest BCUT2D eigenvalue weighted by atomic mass is 15.1. The molecule has 0 saturated heterocycles. The second-order valence-corrected chi connectivity index (χ2v) is 6.88. The van der Waals surface area contributed by atoms with Crippen molar-refractivity contribution in [3.05, 3.63) is 0 Å². The molecule has 19 heavy (non-hydrogen) atoms. The van der Waals surface area contributed by atoms with Crippen molar-refractivity contribution in [3.8, 4) is 0 Å². The lowest BCUT2D eigenvalue weighted by Gasteiger charge is -2.39. The minimum Gasteiger partial charge on any atom is -0.330 e. The third-order valence-electron chi connectivity index (χ3n) is 5.06. The molecule has 2 saturated carbocycles. The predicted molar refractivity (Wildman–Crippen MR) is 81.8 cm³/mol. The summed E-state index contributed by atoms with van der Waals surface area (Å²) < 4.78 is 0. The Morgan fingerprint density at radius 1 is 0.895 bits per heavy atom. The van der Waals surface area contributed by atoms with Crippen molar-refractivity contribution in [2.24, 2.45) is 17.4 Å². The summed E-state index contributed by atoms with van der Waals surface area (Å²) >= 11 is 0. The number of nitrogens with one attached hydrogen (secondary N) is 1. The molecule has 0 amide bonds. The second kappa shape index (κ2) is 7.61. The number of rotatable bonds is 6. The summed E-state index contributed by atoms with van der Waals surface area (Å²) in [5.41, 5.74) is 12.3. The van der Waals surface area contributed by atoms with Gasteiger partial charge in [-0.05, 0) is 38.1 Å². The average Bonchev–Trinajstić information content (AvgIpc) is 2.41. The third kappa shape index (κ3) is 5.05. The normalized spacial score (nSPS) is 26.2. The maximum absolute atomic E-state index is 6.68. The van der Waals surface area contributed by atoms with Gasteiger partial charge < -0.3 is 11.5 Å². The van der Waals surface area contributed by atoms with E-state index in [1.54, 1.807) is 0 Å². The van der Waals surface area contributed by atoms with Gasteiger partial charge >= 0.3 is 0 Å². The van der Waals surface area contributed by atoms with Crippen molar-refractivity contribution in [3.63, 3.8) is 0 Å². The van der Waals surface area contributed by atoms with E-state index in [9.17, 15) is 0 Å². The third-order valence-corrected chi connectivity index (χ3v) is 5.06. The second-order valence-electron chi connectivity index (χ2n) is 6.88. The van der Waals surface area contributed by atoms with Crippen molar-refractivity contribution in [2.45, 2.75) is 88.8 Å². The molecule has 3 heteroatoms. The summed E-state index contributed by atoms with van der Waals surface area (Å²) in [6.07, 6.45) is 15.7. The van der Waals surface area contributed by atoms with Gasteiger partial charge in [-0.25, -0.2) is 0 Å². The van der Waals surface area contributed by atoms with Crippen LogP contribution in [-0.2, 0) is 0 Å². The monoisotopic (exact) mass is 267 g/mol. The molecule has 0 heterocycles. The van der Waals surface area contributed by atoms with Gasteiger partial charge in [-0.3, -0.25) is 5.32 Å². The topological polar surface area (TPSA) is 64.1 Å². The van der Waals surface area contributed by atoms with E-state index in [0.717, 1.165) is 18.8 Å². The Balaban J connectivity index is 1.86. The molecular weight excluding hydrogens is 234 g/mol. The van der Waals surface area contributed by atoms with Crippen LogP contribution in [-0.4, -0.2) is 18.2 Å². The molecule has 0 aliphatic heterocycles. The summed E-state index contributed by atoms with van der Waals surface area (Å²) in [5.74, 6) is 0.821. The van der Waals surface area contributed by atoms with Crippen LogP contribution in [0.25, 0.3) is 0 Å².